The molecule has 0 spiro atoms. The number of anilines is 1. The third kappa shape index (κ3) is 1.89. The van der Waals surface area contributed by atoms with Crippen LogP contribution in [0.5, 0.6) is 0 Å². The van der Waals surface area contributed by atoms with Gasteiger partial charge in [0.05, 0.1) is 11.9 Å². The Morgan fingerprint density at radius 1 is 1.44 bits per heavy atom. The molecule has 3 heterocycles. The van der Waals surface area contributed by atoms with Gasteiger partial charge in [0, 0.05) is 19.1 Å². The Bertz CT molecular complexity index is 365. The fraction of sp³-hybridized carbons (Fsp3) is 0.583. The molecule has 1 N–H and O–H groups in total. The summed E-state index contributed by atoms with van der Waals surface area (Å²) in [5, 5.41) is 4.08. The van der Waals surface area contributed by atoms with Crippen molar-refractivity contribution < 1.29 is 0 Å². The molecule has 0 unspecified atom stereocenters. The highest BCUT2D eigenvalue weighted by Crippen LogP contribution is 2.26. The second kappa shape index (κ2) is 4.22. The van der Waals surface area contributed by atoms with E-state index in [4.69, 9.17) is 11.6 Å². The number of hydrogen-bond donors (Lipinski definition) is 1. The molecular formula is C12H16ClN3. The molecule has 0 radical (unpaired) electrons. The summed E-state index contributed by atoms with van der Waals surface area (Å²) in [7, 11) is 0. The average Bonchev–Trinajstić information content (AvgIpc) is 2.41. The highest BCUT2D eigenvalue weighted by molar-refractivity contribution is 6.29. The Kier molecular flexibility index (Phi) is 2.74. The van der Waals surface area contributed by atoms with Crippen LogP contribution in [0, 0.1) is 5.92 Å². The van der Waals surface area contributed by atoms with Crippen LogP contribution < -0.4 is 10.2 Å². The molecule has 1 aromatic rings. The molecular weight excluding hydrogens is 222 g/mol. The first kappa shape index (κ1) is 10.4. The lowest BCUT2D eigenvalue weighted by molar-refractivity contribution is 0.234. The zero-order valence-corrected chi connectivity index (χ0v) is 9.95. The zero-order chi connectivity index (χ0) is 11.0. The lowest BCUT2D eigenvalue weighted by Crippen LogP contribution is -2.56. The summed E-state index contributed by atoms with van der Waals surface area (Å²) in [6.45, 7) is 3.45. The van der Waals surface area contributed by atoms with Crippen LogP contribution in [0.2, 0.25) is 5.15 Å². The molecule has 2 saturated heterocycles. The van der Waals surface area contributed by atoms with Crippen molar-refractivity contribution >= 4 is 17.3 Å². The Hall–Kier alpha value is -0.800. The van der Waals surface area contributed by atoms with Gasteiger partial charge in [0.25, 0.3) is 0 Å². The Morgan fingerprint density at radius 2 is 2.38 bits per heavy atom. The van der Waals surface area contributed by atoms with Gasteiger partial charge in [0.15, 0.2) is 0 Å². The predicted octanol–water partition coefficient (Wildman–Crippen LogP) is 1.92. The summed E-state index contributed by atoms with van der Waals surface area (Å²) in [6, 6.07) is 4.61. The number of rotatable bonds is 1. The van der Waals surface area contributed by atoms with Crippen molar-refractivity contribution in [2.45, 2.75) is 18.9 Å². The molecule has 0 bridgehead atoms. The highest BCUT2D eigenvalue weighted by Gasteiger charge is 2.33. The van der Waals surface area contributed by atoms with Crippen LogP contribution in [-0.2, 0) is 0 Å². The number of nitrogens with zero attached hydrogens (tertiary/aromatic N) is 2. The quantitative estimate of drug-likeness (QED) is 0.757. The first-order valence-corrected chi connectivity index (χ1v) is 6.30. The summed E-state index contributed by atoms with van der Waals surface area (Å²) >= 11 is 5.80. The second-order valence-electron chi connectivity index (χ2n) is 4.70. The number of halogens is 1. The standard InChI is InChI=1S/C12H16ClN3/c13-12-4-3-10(7-15-12)16-5-1-2-9-6-14-11(9)8-16/h3-4,7,9,11,14H,1-2,5-6,8H2/t9-,11-/m0/s1. The van der Waals surface area contributed by atoms with Gasteiger partial charge in [-0.25, -0.2) is 4.98 Å². The number of aromatic nitrogens is 1. The number of nitrogens with one attached hydrogen (secondary N) is 1. The molecule has 3 nitrogen and oxygen atoms in total. The molecule has 4 heteroatoms. The van der Waals surface area contributed by atoms with Crippen molar-refractivity contribution in [2.75, 3.05) is 24.5 Å². The van der Waals surface area contributed by atoms with E-state index in [2.05, 4.69) is 21.3 Å². The third-order valence-corrected chi connectivity index (χ3v) is 3.93. The number of fused-ring (bicyclic) bond motifs is 1. The van der Waals surface area contributed by atoms with Crippen LogP contribution in [-0.4, -0.2) is 30.7 Å². The van der Waals surface area contributed by atoms with E-state index in [0.717, 1.165) is 19.0 Å². The second-order valence-corrected chi connectivity index (χ2v) is 5.09. The van der Waals surface area contributed by atoms with E-state index in [-0.39, 0.29) is 0 Å². The van der Waals surface area contributed by atoms with Gasteiger partial charge >= 0.3 is 0 Å². The summed E-state index contributed by atoms with van der Waals surface area (Å²) in [5.41, 5.74) is 1.19. The predicted molar refractivity (Wildman–Crippen MR) is 66.0 cm³/mol. The number of hydrogen-bond acceptors (Lipinski definition) is 3. The van der Waals surface area contributed by atoms with E-state index in [0.29, 0.717) is 11.2 Å². The van der Waals surface area contributed by atoms with E-state index in [1.54, 1.807) is 0 Å². The molecule has 0 aliphatic carbocycles. The highest BCUT2D eigenvalue weighted by atomic mass is 35.5. The first-order chi connectivity index (χ1) is 7.83. The molecule has 2 aliphatic heterocycles. The number of pyridine rings is 1. The molecule has 2 atom stereocenters. The van der Waals surface area contributed by atoms with Crippen molar-refractivity contribution in [1.82, 2.24) is 10.3 Å². The van der Waals surface area contributed by atoms with Gasteiger partial charge in [0.2, 0.25) is 0 Å². The van der Waals surface area contributed by atoms with E-state index in [1.807, 2.05) is 12.3 Å². The normalized spacial score (nSPS) is 29.2. The van der Waals surface area contributed by atoms with Gasteiger partial charge in [-0.2, -0.15) is 0 Å². The topological polar surface area (TPSA) is 28.2 Å². The van der Waals surface area contributed by atoms with E-state index < -0.39 is 0 Å². The van der Waals surface area contributed by atoms with Gasteiger partial charge in [-0.15, -0.1) is 0 Å². The van der Waals surface area contributed by atoms with E-state index in [1.165, 1.54) is 25.1 Å². The molecule has 0 aromatic carbocycles. The van der Waals surface area contributed by atoms with Crippen molar-refractivity contribution in [2.24, 2.45) is 5.92 Å². The van der Waals surface area contributed by atoms with E-state index in [9.17, 15) is 0 Å². The smallest absolute Gasteiger partial charge is 0.129 e. The van der Waals surface area contributed by atoms with Crippen LogP contribution >= 0.6 is 11.6 Å². The largest absolute Gasteiger partial charge is 0.369 e. The van der Waals surface area contributed by atoms with Crippen LogP contribution in [0.15, 0.2) is 18.3 Å². The van der Waals surface area contributed by atoms with Crippen LogP contribution in [0.3, 0.4) is 0 Å². The van der Waals surface area contributed by atoms with Crippen molar-refractivity contribution in [1.29, 1.82) is 0 Å². The Labute approximate surface area is 101 Å². The molecule has 0 amide bonds. The molecule has 0 saturated carbocycles. The summed E-state index contributed by atoms with van der Waals surface area (Å²) in [4.78, 5) is 6.57. The Morgan fingerprint density at radius 3 is 3.06 bits per heavy atom. The monoisotopic (exact) mass is 237 g/mol. The lowest BCUT2D eigenvalue weighted by atomic mass is 9.89. The molecule has 3 rings (SSSR count). The lowest BCUT2D eigenvalue weighted by Gasteiger charge is -2.38. The van der Waals surface area contributed by atoms with Crippen LogP contribution in [0.25, 0.3) is 0 Å². The van der Waals surface area contributed by atoms with Gasteiger partial charge in [0.1, 0.15) is 5.15 Å². The molecule has 16 heavy (non-hydrogen) atoms. The molecule has 1 aromatic heterocycles. The van der Waals surface area contributed by atoms with E-state index >= 15 is 0 Å². The average molecular weight is 238 g/mol. The molecule has 86 valence electrons. The minimum atomic E-state index is 0.568. The maximum atomic E-state index is 5.80. The minimum Gasteiger partial charge on any atom is -0.369 e. The Balaban J connectivity index is 1.75. The van der Waals surface area contributed by atoms with Gasteiger partial charge in [-0.3, -0.25) is 0 Å². The first-order valence-electron chi connectivity index (χ1n) is 5.93. The van der Waals surface area contributed by atoms with Crippen LogP contribution in [0.1, 0.15) is 12.8 Å². The molecule has 2 fully saturated rings. The maximum absolute atomic E-state index is 5.80. The summed E-state index contributed by atoms with van der Waals surface area (Å²) in [5.74, 6) is 0.894. The van der Waals surface area contributed by atoms with Crippen molar-refractivity contribution in [3.63, 3.8) is 0 Å². The third-order valence-electron chi connectivity index (χ3n) is 3.71. The van der Waals surface area contributed by atoms with Gasteiger partial charge < -0.3 is 10.2 Å². The van der Waals surface area contributed by atoms with Crippen molar-refractivity contribution in [3.05, 3.63) is 23.5 Å². The summed E-state index contributed by atoms with van der Waals surface area (Å²) < 4.78 is 0. The fourth-order valence-corrected chi connectivity index (χ4v) is 2.74. The van der Waals surface area contributed by atoms with Gasteiger partial charge in [-0.1, -0.05) is 11.6 Å². The molecule has 2 aliphatic rings. The minimum absolute atomic E-state index is 0.568. The zero-order valence-electron chi connectivity index (χ0n) is 9.19. The fourth-order valence-electron chi connectivity index (χ4n) is 2.63. The van der Waals surface area contributed by atoms with Crippen LogP contribution in [0.4, 0.5) is 5.69 Å². The van der Waals surface area contributed by atoms with Gasteiger partial charge in [-0.05, 0) is 37.4 Å². The maximum Gasteiger partial charge on any atom is 0.129 e. The SMILES string of the molecule is Clc1ccc(N2CCC[C@H]3CN[C@H]3C2)cn1. The van der Waals surface area contributed by atoms with Crippen molar-refractivity contribution in [3.8, 4) is 0 Å². The summed E-state index contributed by atoms with van der Waals surface area (Å²) in [6.07, 6.45) is 4.52.